The number of aryl methyl sites for hydroxylation is 2. The summed E-state index contributed by atoms with van der Waals surface area (Å²) in [6.45, 7) is 8.00. The van der Waals surface area contributed by atoms with E-state index >= 15 is 0 Å². The van der Waals surface area contributed by atoms with E-state index in [1.54, 1.807) is 7.11 Å². The molecule has 1 fully saturated rings. The molecule has 1 N–H and O–H groups in total. The van der Waals surface area contributed by atoms with Gasteiger partial charge in [-0.3, -0.25) is 4.79 Å². The van der Waals surface area contributed by atoms with Crippen LogP contribution in [0.5, 0.6) is 17.4 Å². The summed E-state index contributed by atoms with van der Waals surface area (Å²) in [6.07, 6.45) is 4.23. The highest BCUT2D eigenvalue weighted by Gasteiger charge is 2.22. The molecule has 0 saturated carbocycles. The zero-order valence-electron chi connectivity index (χ0n) is 21.0. The van der Waals surface area contributed by atoms with Crippen molar-refractivity contribution in [2.45, 2.75) is 46.0 Å². The fourth-order valence-corrected chi connectivity index (χ4v) is 4.48. The van der Waals surface area contributed by atoms with E-state index in [2.05, 4.69) is 17.1 Å². The molecule has 186 valence electrons. The number of likely N-dealkylation sites (tertiary alicyclic amines) is 1. The summed E-state index contributed by atoms with van der Waals surface area (Å²) in [7, 11) is 1.65. The number of ether oxygens (including phenoxy) is 2. The summed E-state index contributed by atoms with van der Waals surface area (Å²) in [5.41, 5.74) is 3.83. The van der Waals surface area contributed by atoms with Crippen LogP contribution in [0.1, 0.15) is 43.0 Å². The largest absolute Gasteiger partial charge is 0.497 e. The van der Waals surface area contributed by atoms with Gasteiger partial charge in [0.25, 0.3) is 0 Å². The third-order valence-electron chi connectivity index (χ3n) is 6.52. The average molecular weight is 477 g/mol. The van der Waals surface area contributed by atoms with Crippen molar-refractivity contribution < 1.29 is 14.3 Å². The van der Waals surface area contributed by atoms with Crippen LogP contribution in [0.2, 0.25) is 0 Å². The van der Waals surface area contributed by atoms with Gasteiger partial charge in [0, 0.05) is 25.1 Å². The van der Waals surface area contributed by atoms with Crippen LogP contribution in [0.25, 0.3) is 5.69 Å². The Bertz CT molecular complexity index is 1120. The number of hydrogen-bond donors (Lipinski definition) is 1. The molecular weight excluding hydrogens is 440 g/mol. The van der Waals surface area contributed by atoms with Crippen molar-refractivity contribution in [1.82, 2.24) is 20.0 Å². The van der Waals surface area contributed by atoms with E-state index in [0.29, 0.717) is 25.3 Å². The first-order valence-electron chi connectivity index (χ1n) is 12.6. The van der Waals surface area contributed by atoms with Crippen molar-refractivity contribution in [2.75, 3.05) is 33.3 Å². The highest BCUT2D eigenvalue weighted by molar-refractivity contribution is 5.76. The Hall–Kier alpha value is -3.32. The van der Waals surface area contributed by atoms with Crippen LogP contribution >= 0.6 is 0 Å². The van der Waals surface area contributed by atoms with Gasteiger partial charge in [0.05, 0.1) is 18.5 Å². The van der Waals surface area contributed by atoms with Gasteiger partial charge >= 0.3 is 0 Å². The summed E-state index contributed by atoms with van der Waals surface area (Å²) in [6, 6.07) is 15.7. The number of nitrogens with one attached hydrogen (secondary N) is 1. The molecule has 1 aliphatic heterocycles. The van der Waals surface area contributed by atoms with Crippen LogP contribution in [0.4, 0.5) is 0 Å². The molecule has 2 heterocycles. The van der Waals surface area contributed by atoms with Crippen molar-refractivity contribution in [3.05, 3.63) is 65.4 Å². The van der Waals surface area contributed by atoms with Gasteiger partial charge in [-0.1, -0.05) is 25.1 Å². The summed E-state index contributed by atoms with van der Waals surface area (Å²) in [5.74, 6) is 2.28. The van der Waals surface area contributed by atoms with Crippen LogP contribution in [0, 0.1) is 6.92 Å². The third-order valence-corrected chi connectivity index (χ3v) is 6.52. The molecule has 0 radical (unpaired) electrons. The molecule has 0 spiro atoms. The standard InChI is InChI=1S/C28H36N4O3/c1-4-25-24(15-16-27(33)29-17-20-31-18-7-8-19-31)28(35-26-10-6-5-9-21(26)2)32(30-25)22-11-13-23(34-3)14-12-22/h5-6,9-14H,4,7-8,15-20H2,1-3H3,(H,29,33). The summed E-state index contributed by atoms with van der Waals surface area (Å²) in [5, 5.41) is 7.97. The minimum absolute atomic E-state index is 0.0605. The number of para-hydroxylation sites is 1. The average Bonchev–Trinajstić information content (AvgIpc) is 3.52. The second-order valence-corrected chi connectivity index (χ2v) is 8.96. The van der Waals surface area contributed by atoms with Crippen LogP contribution < -0.4 is 14.8 Å². The first-order chi connectivity index (χ1) is 17.1. The summed E-state index contributed by atoms with van der Waals surface area (Å²) >= 11 is 0. The van der Waals surface area contributed by atoms with E-state index in [-0.39, 0.29) is 5.91 Å². The Morgan fingerprint density at radius 1 is 1.09 bits per heavy atom. The van der Waals surface area contributed by atoms with Crippen LogP contribution in [0.15, 0.2) is 48.5 Å². The first-order valence-corrected chi connectivity index (χ1v) is 12.6. The molecule has 1 saturated heterocycles. The van der Waals surface area contributed by atoms with Gasteiger partial charge in [0.2, 0.25) is 11.8 Å². The number of hydrogen-bond acceptors (Lipinski definition) is 5. The van der Waals surface area contributed by atoms with Crippen molar-refractivity contribution in [3.8, 4) is 23.1 Å². The normalized spacial score (nSPS) is 13.7. The second kappa shape index (κ2) is 11.9. The maximum atomic E-state index is 12.6. The van der Waals surface area contributed by atoms with E-state index in [1.165, 1.54) is 12.8 Å². The maximum Gasteiger partial charge on any atom is 0.226 e. The molecule has 7 nitrogen and oxygen atoms in total. The zero-order valence-corrected chi connectivity index (χ0v) is 21.0. The van der Waals surface area contributed by atoms with Crippen molar-refractivity contribution in [2.24, 2.45) is 0 Å². The highest BCUT2D eigenvalue weighted by atomic mass is 16.5. The molecule has 0 unspecified atom stereocenters. The van der Waals surface area contributed by atoms with E-state index in [9.17, 15) is 4.79 Å². The number of methoxy groups -OCH3 is 1. The van der Waals surface area contributed by atoms with E-state index in [4.69, 9.17) is 14.6 Å². The van der Waals surface area contributed by atoms with Gasteiger partial charge in [-0.2, -0.15) is 5.10 Å². The molecule has 0 bridgehead atoms. The topological polar surface area (TPSA) is 68.6 Å². The number of aromatic nitrogens is 2. The summed E-state index contributed by atoms with van der Waals surface area (Å²) < 4.78 is 13.6. The SMILES string of the molecule is CCc1nn(-c2ccc(OC)cc2)c(Oc2ccccc2C)c1CCC(=O)NCCN1CCCC1. The molecule has 1 aliphatic rings. The summed E-state index contributed by atoms with van der Waals surface area (Å²) in [4.78, 5) is 15.1. The van der Waals surface area contributed by atoms with Crippen molar-refractivity contribution in [3.63, 3.8) is 0 Å². The molecule has 1 aromatic heterocycles. The van der Waals surface area contributed by atoms with Crippen molar-refractivity contribution in [1.29, 1.82) is 0 Å². The molecular formula is C28H36N4O3. The van der Waals surface area contributed by atoms with Gasteiger partial charge in [0.1, 0.15) is 11.5 Å². The fourth-order valence-electron chi connectivity index (χ4n) is 4.48. The lowest BCUT2D eigenvalue weighted by atomic mass is 10.1. The lowest BCUT2D eigenvalue weighted by Crippen LogP contribution is -2.33. The smallest absolute Gasteiger partial charge is 0.226 e. The molecule has 0 aliphatic carbocycles. The van der Waals surface area contributed by atoms with E-state index in [1.807, 2.05) is 60.1 Å². The molecule has 2 aromatic carbocycles. The lowest BCUT2D eigenvalue weighted by molar-refractivity contribution is -0.121. The number of carbonyl (C=O) groups excluding carboxylic acids is 1. The number of nitrogens with zero attached hydrogens (tertiary/aromatic N) is 3. The number of amides is 1. The monoisotopic (exact) mass is 476 g/mol. The Morgan fingerprint density at radius 2 is 1.83 bits per heavy atom. The Balaban J connectivity index is 1.56. The van der Waals surface area contributed by atoms with Gasteiger partial charge in [-0.05, 0) is 81.6 Å². The van der Waals surface area contributed by atoms with Gasteiger partial charge in [0.15, 0.2) is 0 Å². The first kappa shape index (κ1) is 24.8. The highest BCUT2D eigenvalue weighted by Crippen LogP contribution is 2.33. The Morgan fingerprint density at radius 3 is 2.51 bits per heavy atom. The van der Waals surface area contributed by atoms with E-state index < -0.39 is 0 Å². The predicted octanol–water partition coefficient (Wildman–Crippen LogP) is 4.69. The van der Waals surface area contributed by atoms with Gasteiger partial charge in [-0.15, -0.1) is 0 Å². The predicted molar refractivity (Wildman–Crippen MR) is 138 cm³/mol. The maximum absolute atomic E-state index is 12.6. The lowest BCUT2D eigenvalue weighted by Gasteiger charge is -2.15. The molecule has 3 aromatic rings. The molecule has 7 heteroatoms. The number of rotatable bonds is 11. The van der Waals surface area contributed by atoms with E-state index in [0.717, 1.165) is 60.1 Å². The van der Waals surface area contributed by atoms with Crippen LogP contribution in [-0.2, 0) is 17.6 Å². The molecule has 4 rings (SSSR count). The Kier molecular flexibility index (Phi) is 8.42. The second-order valence-electron chi connectivity index (χ2n) is 8.96. The number of carbonyl (C=O) groups is 1. The Labute approximate surface area is 208 Å². The minimum atomic E-state index is 0.0605. The number of benzene rings is 2. The van der Waals surface area contributed by atoms with Crippen LogP contribution in [0.3, 0.4) is 0 Å². The van der Waals surface area contributed by atoms with Crippen LogP contribution in [-0.4, -0.2) is 53.9 Å². The zero-order chi connectivity index (χ0) is 24.6. The fraction of sp³-hybridized carbons (Fsp3) is 0.429. The molecule has 35 heavy (non-hydrogen) atoms. The molecule has 0 atom stereocenters. The minimum Gasteiger partial charge on any atom is -0.497 e. The molecule has 1 amide bonds. The van der Waals surface area contributed by atoms with Crippen molar-refractivity contribution >= 4 is 5.91 Å². The third kappa shape index (κ3) is 6.22. The van der Waals surface area contributed by atoms with Gasteiger partial charge < -0.3 is 19.7 Å². The van der Waals surface area contributed by atoms with Gasteiger partial charge in [-0.25, -0.2) is 4.68 Å². The quantitative estimate of drug-likeness (QED) is 0.435.